The molecule has 4 aromatic rings. The molecule has 0 unspecified atom stereocenters. The topological polar surface area (TPSA) is 148 Å². The zero-order valence-electron chi connectivity index (χ0n) is 16.3. The third-order valence-electron chi connectivity index (χ3n) is 4.61. The Morgan fingerprint density at radius 1 is 0.625 bits per heavy atom. The number of aromatic nitrogens is 4. The van der Waals surface area contributed by atoms with Gasteiger partial charge in [-0.15, -0.1) is 0 Å². The van der Waals surface area contributed by atoms with Crippen molar-refractivity contribution in [3.63, 3.8) is 0 Å². The maximum absolute atomic E-state index is 13.6. The van der Waals surface area contributed by atoms with Gasteiger partial charge in [-0.3, -0.25) is 13.9 Å². The summed E-state index contributed by atoms with van der Waals surface area (Å²) in [5.41, 5.74) is 0.222. The summed E-state index contributed by atoms with van der Waals surface area (Å²) in [6.07, 6.45) is 0. The molecular formula is C23H10N8O. The number of carbonyl (C=O) groups excluding carboxylic acids is 1. The molecule has 0 fully saturated rings. The average Bonchev–Trinajstić information content (AvgIpc) is 3.42. The first kappa shape index (κ1) is 19.8. The lowest BCUT2D eigenvalue weighted by atomic mass is 10.2. The highest BCUT2D eigenvalue weighted by atomic mass is 16.1. The minimum absolute atomic E-state index is 0.110. The van der Waals surface area contributed by atoms with E-state index in [1.54, 1.807) is 60.7 Å². The highest BCUT2D eigenvalue weighted by molar-refractivity contribution is 6.05. The Kier molecular flexibility index (Phi) is 5.00. The van der Waals surface area contributed by atoms with Crippen LogP contribution in [0.3, 0.4) is 0 Å². The molecule has 9 heteroatoms. The van der Waals surface area contributed by atoms with E-state index in [1.807, 2.05) is 24.3 Å². The van der Waals surface area contributed by atoms with E-state index in [2.05, 4.69) is 9.97 Å². The van der Waals surface area contributed by atoms with E-state index in [0.29, 0.717) is 11.4 Å². The molecule has 4 rings (SSSR count). The van der Waals surface area contributed by atoms with Gasteiger partial charge in [-0.2, -0.15) is 21.0 Å². The monoisotopic (exact) mass is 414 g/mol. The smallest absolute Gasteiger partial charge is 0.264 e. The van der Waals surface area contributed by atoms with Crippen molar-refractivity contribution in [2.75, 3.05) is 0 Å². The standard InChI is InChI=1S/C23H10N8O/c24-11-17-19(13-26)30(15-7-3-1-4-8-15)22(28-17)21(32)23-29-18(12-25)20(14-27)31(23)16-9-5-2-6-10-16/h1-10H. The predicted octanol–water partition coefficient (Wildman–Crippen LogP) is 2.78. The Bertz CT molecular complexity index is 1400. The van der Waals surface area contributed by atoms with Crippen molar-refractivity contribution in [3.05, 3.63) is 95.1 Å². The summed E-state index contributed by atoms with van der Waals surface area (Å²) in [5, 5.41) is 38.2. The Labute approximate surface area is 181 Å². The van der Waals surface area contributed by atoms with Crippen molar-refractivity contribution in [2.24, 2.45) is 0 Å². The summed E-state index contributed by atoms with van der Waals surface area (Å²) in [7, 11) is 0. The number of nitrogens with zero attached hydrogens (tertiary/aromatic N) is 8. The molecule has 0 atom stereocenters. The van der Waals surface area contributed by atoms with Gasteiger partial charge in [0, 0.05) is 11.4 Å². The second-order valence-electron chi connectivity index (χ2n) is 6.38. The molecule has 0 radical (unpaired) electrons. The van der Waals surface area contributed by atoms with E-state index in [4.69, 9.17) is 0 Å². The van der Waals surface area contributed by atoms with Crippen LogP contribution in [0.5, 0.6) is 0 Å². The quantitative estimate of drug-likeness (QED) is 0.466. The maximum atomic E-state index is 13.6. The summed E-state index contributed by atoms with van der Waals surface area (Å²) in [5.74, 6) is -1.23. The first-order valence-electron chi connectivity index (χ1n) is 9.16. The summed E-state index contributed by atoms with van der Waals surface area (Å²) in [6.45, 7) is 0. The molecule has 0 saturated carbocycles. The van der Waals surface area contributed by atoms with E-state index in [1.165, 1.54) is 9.13 Å². The highest BCUT2D eigenvalue weighted by Gasteiger charge is 2.30. The van der Waals surface area contributed by atoms with Gasteiger partial charge in [0.05, 0.1) is 0 Å². The summed E-state index contributed by atoms with van der Waals surface area (Å²) in [4.78, 5) is 21.8. The van der Waals surface area contributed by atoms with Gasteiger partial charge in [-0.25, -0.2) is 9.97 Å². The summed E-state index contributed by atoms with van der Waals surface area (Å²) >= 11 is 0. The van der Waals surface area contributed by atoms with Crippen molar-refractivity contribution in [1.82, 2.24) is 19.1 Å². The second kappa shape index (κ2) is 8.08. The van der Waals surface area contributed by atoms with E-state index >= 15 is 0 Å². The van der Waals surface area contributed by atoms with E-state index < -0.39 is 5.78 Å². The number of carbonyl (C=O) groups is 1. The van der Waals surface area contributed by atoms with Gasteiger partial charge in [0.2, 0.25) is 0 Å². The molecule has 2 heterocycles. The Morgan fingerprint density at radius 2 is 1.00 bits per heavy atom. The molecule has 9 nitrogen and oxygen atoms in total. The van der Waals surface area contributed by atoms with Gasteiger partial charge in [0.15, 0.2) is 34.4 Å². The van der Waals surface area contributed by atoms with Gasteiger partial charge in [-0.1, -0.05) is 36.4 Å². The van der Waals surface area contributed by atoms with Crippen LogP contribution in [-0.2, 0) is 0 Å². The van der Waals surface area contributed by atoms with Crippen LogP contribution < -0.4 is 0 Å². The first-order chi connectivity index (χ1) is 15.6. The third kappa shape index (κ3) is 3.06. The van der Waals surface area contributed by atoms with Gasteiger partial charge in [-0.05, 0) is 24.3 Å². The van der Waals surface area contributed by atoms with E-state index in [9.17, 15) is 25.8 Å². The molecule has 0 aliphatic heterocycles. The maximum Gasteiger partial charge on any atom is 0.264 e. The molecule has 0 bridgehead atoms. The van der Waals surface area contributed by atoms with Crippen LogP contribution in [0, 0.1) is 45.3 Å². The van der Waals surface area contributed by atoms with Crippen molar-refractivity contribution >= 4 is 5.78 Å². The number of ketones is 1. The Morgan fingerprint density at radius 3 is 1.31 bits per heavy atom. The molecule has 0 aliphatic rings. The molecule has 0 amide bonds. The first-order valence-corrected chi connectivity index (χ1v) is 9.16. The van der Waals surface area contributed by atoms with Crippen LogP contribution in [0.25, 0.3) is 11.4 Å². The van der Waals surface area contributed by atoms with Crippen molar-refractivity contribution in [3.8, 4) is 35.7 Å². The second-order valence-corrected chi connectivity index (χ2v) is 6.38. The number of hydrogen-bond donors (Lipinski definition) is 0. The number of nitriles is 4. The molecule has 0 aliphatic carbocycles. The molecule has 32 heavy (non-hydrogen) atoms. The van der Waals surface area contributed by atoms with Crippen LogP contribution in [0.4, 0.5) is 0 Å². The Balaban J connectivity index is 2.03. The third-order valence-corrected chi connectivity index (χ3v) is 4.61. The number of hydrogen-bond acceptors (Lipinski definition) is 7. The van der Waals surface area contributed by atoms with Crippen LogP contribution in [0.2, 0.25) is 0 Å². The van der Waals surface area contributed by atoms with Crippen molar-refractivity contribution in [2.45, 2.75) is 0 Å². The van der Waals surface area contributed by atoms with E-state index in [0.717, 1.165) is 0 Å². The lowest BCUT2D eigenvalue weighted by Gasteiger charge is -2.10. The van der Waals surface area contributed by atoms with Gasteiger partial charge < -0.3 is 0 Å². The fourth-order valence-electron chi connectivity index (χ4n) is 3.26. The molecule has 2 aromatic heterocycles. The van der Waals surface area contributed by atoms with Crippen LogP contribution >= 0.6 is 0 Å². The number of para-hydroxylation sites is 2. The number of imidazole rings is 2. The van der Waals surface area contributed by atoms with Crippen LogP contribution in [-0.4, -0.2) is 24.9 Å². The number of benzene rings is 2. The SMILES string of the molecule is N#Cc1nc(C(=O)c2nc(C#N)c(C#N)n2-c2ccccc2)n(-c2ccccc2)c1C#N. The highest BCUT2D eigenvalue weighted by Crippen LogP contribution is 2.24. The summed E-state index contributed by atoms with van der Waals surface area (Å²) in [6, 6.07) is 24.5. The van der Waals surface area contributed by atoms with E-state index in [-0.39, 0.29) is 34.4 Å². The van der Waals surface area contributed by atoms with Gasteiger partial charge in [0.1, 0.15) is 24.3 Å². The minimum Gasteiger partial charge on any atom is -0.282 e. The lowest BCUT2D eigenvalue weighted by Crippen LogP contribution is -2.16. The van der Waals surface area contributed by atoms with Crippen LogP contribution in [0.15, 0.2) is 60.7 Å². The fourth-order valence-corrected chi connectivity index (χ4v) is 3.26. The van der Waals surface area contributed by atoms with Crippen molar-refractivity contribution in [1.29, 1.82) is 21.0 Å². The van der Waals surface area contributed by atoms with Gasteiger partial charge in [0.25, 0.3) is 5.78 Å². The molecule has 0 N–H and O–H groups in total. The normalized spacial score (nSPS) is 9.88. The molecular weight excluding hydrogens is 404 g/mol. The zero-order valence-corrected chi connectivity index (χ0v) is 16.3. The molecule has 0 spiro atoms. The fraction of sp³-hybridized carbons (Fsp3) is 0. The molecule has 148 valence electrons. The molecule has 2 aromatic carbocycles. The minimum atomic E-state index is -0.756. The van der Waals surface area contributed by atoms with Crippen LogP contribution in [0.1, 0.15) is 39.2 Å². The Hall–Kier alpha value is -5.51. The largest absolute Gasteiger partial charge is 0.282 e. The average molecular weight is 414 g/mol. The lowest BCUT2D eigenvalue weighted by molar-refractivity contribution is 0.101. The zero-order chi connectivity index (χ0) is 22.7. The number of rotatable bonds is 4. The summed E-state index contributed by atoms with van der Waals surface area (Å²) < 4.78 is 2.53. The van der Waals surface area contributed by atoms with Gasteiger partial charge >= 0.3 is 0 Å². The predicted molar refractivity (Wildman–Crippen MR) is 109 cm³/mol. The molecule has 0 saturated heterocycles. The van der Waals surface area contributed by atoms with Crippen molar-refractivity contribution < 1.29 is 4.79 Å².